The minimum absolute atomic E-state index is 0.00674. The molecule has 2 aromatic heterocycles. The Morgan fingerprint density at radius 1 is 1.17 bits per heavy atom. The maximum atomic E-state index is 12.6. The van der Waals surface area contributed by atoms with Crippen LogP contribution in [0.4, 0.5) is 0 Å². The largest absolute Gasteiger partial charge is 0.346 e. The lowest BCUT2D eigenvalue weighted by Gasteiger charge is -2.23. The van der Waals surface area contributed by atoms with Gasteiger partial charge in [0.2, 0.25) is 11.8 Å². The van der Waals surface area contributed by atoms with Gasteiger partial charge in [-0.1, -0.05) is 20.8 Å². The summed E-state index contributed by atoms with van der Waals surface area (Å²) in [5, 5.41) is 11.8. The highest BCUT2D eigenvalue weighted by Crippen LogP contribution is 2.22. The Bertz CT molecular complexity index is 875. The van der Waals surface area contributed by atoms with E-state index in [0.717, 1.165) is 17.2 Å². The summed E-state index contributed by atoms with van der Waals surface area (Å²) in [4.78, 5) is 30.4. The van der Waals surface area contributed by atoms with Crippen molar-refractivity contribution >= 4 is 17.9 Å². The molecule has 154 valence electrons. The Labute approximate surface area is 171 Å². The van der Waals surface area contributed by atoms with Crippen LogP contribution in [0.25, 0.3) is 6.08 Å². The van der Waals surface area contributed by atoms with Gasteiger partial charge in [-0.2, -0.15) is 0 Å². The Balaban J connectivity index is 1.71. The Kier molecular flexibility index (Phi) is 6.74. The second kappa shape index (κ2) is 9.45. The zero-order chi connectivity index (χ0) is 20.8. The second-order valence-corrected chi connectivity index (χ2v) is 7.46. The van der Waals surface area contributed by atoms with Crippen LogP contribution in [0.1, 0.15) is 50.4 Å². The van der Waals surface area contributed by atoms with E-state index in [4.69, 9.17) is 0 Å². The second-order valence-electron chi connectivity index (χ2n) is 7.46. The van der Waals surface area contributed by atoms with Gasteiger partial charge in [-0.05, 0) is 29.7 Å². The van der Waals surface area contributed by atoms with Crippen molar-refractivity contribution in [2.75, 3.05) is 13.1 Å². The molecule has 29 heavy (non-hydrogen) atoms. The average Bonchev–Trinajstić information content (AvgIpc) is 3.00. The average molecular weight is 396 g/mol. The maximum absolute atomic E-state index is 12.6. The standard InChI is InChI=1S/C21H28N6O2/c1-4-18(28)23-20(15(2)3)21-25-24-17-9-12-26(13-14-27(17)21)19(29)6-5-16-7-10-22-11-8-16/h5-8,10-11,15,20H,4,9,12-14H2,1-3H3,(H,23,28)/b6-5+. The molecule has 0 aliphatic carbocycles. The fourth-order valence-corrected chi connectivity index (χ4v) is 3.35. The van der Waals surface area contributed by atoms with Gasteiger partial charge in [-0.3, -0.25) is 14.6 Å². The van der Waals surface area contributed by atoms with Crippen molar-refractivity contribution in [2.24, 2.45) is 5.92 Å². The van der Waals surface area contributed by atoms with Crippen molar-refractivity contribution < 1.29 is 9.59 Å². The highest BCUT2D eigenvalue weighted by atomic mass is 16.2. The molecule has 0 aromatic carbocycles. The molecule has 0 saturated heterocycles. The summed E-state index contributed by atoms with van der Waals surface area (Å²) in [6, 6.07) is 3.52. The number of hydrogen-bond donors (Lipinski definition) is 1. The van der Waals surface area contributed by atoms with Crippen LogP contribution in [-0.4, -0.2) is 49.6 Å². The van der Waals surface area contributed by atoms with Gasteiger partial charge in [-0.15, -0.1) is 10.2 Å². The third-order valence-electron chi connectivity index (χ3n) is 5.07. The lowest BCUT2D eigenvalue weighted by Crippen LogP contribution is -2.34. The fourth-order valence-electron chi connectivity index (χ4n) is 3.35. The van der Waals surface area contributed by atoms with Gasteiger partial charge in [0.1, 0.15) is 5.82 Å². The lowest BCUT2D eigenvalue weighted by molar-refractivity contribution is -0.126. The number of nitrogens with one attached hydrogen (secondary N) is 1. The topological polar surface area (TPSA) is 93.0 Å². The first kappa shape index (κ1) is 20.7. The summed E-state index contributed by atoms with van der Waals surface area (Å²) in [7, 11) is 0. The molecule has 8 heteroatoms. The van der Waals surface area contributed by atoms with Crippen LogP contribution in [-0.2, 0) is 22.6 Å². The van der Waals surface area contributed by atoms with Crippen molar-refractivity contribution in [3.05, 3.63) is 47.8 Å². The van der Waals surface area contributed by atoms with Gasteiger partial charge in [0.15, 0.2) is 5.82 Å². The monoisotopic (exact) mass is 396 g/mol. The van der Waals surface area contributed by atoms with E-state index >= 15 is 0 Å². The number of fused-ring (bicyclic) bond motifs is 1. The highest BCUT2D eigenvalue weighted by Gasteiger charge is 2.27. The first-order valence-corrected chi connectivity index (χ1v) is 10.1. The van der Waals surface area contributed by atoms with Gasteiger partial charge >= 0.3 is 0 Å². The predicted octanol–water partition coefficient (Wildman–Crippen LogP) is 1.99. The normalized spacial score (nSPS) is 15.2. The number of carbonyl (C=O) groups excluding carboxylic acids is 2. The third-order valence-corrected chi connectivity index (χ3v) is 5.07. The first-order chi connectivity index (χ1) is 14.0. The predicted molar refractivity (Wildman–Crippen MR) is 110 cm³/mol. The number of hydrogen-bond acceptors (Lipinski definition) is 5. The summed E-state index contributed by atoms with van der Waals surface area (Å²) < 4.78 is 2.06. The van der Waals surface area contributed by atoms with Crippen molar-refractivity contribution in [2.45, 2.75) is 46.2 Å². The fraction of sp³-hybridized carbons (Fsp3) is 0.476. The van der Waals surface area contributed by atoms with E-state index in [9.17, 15) is 9.59 Å². The van der Waals surface area contributed by atoms with E-state index in [1.807, 2.05) is 24.0 Å². The van der Waals surface area contributed by atoms with E-state index < -0.39 is 0 Å². The quantitative estimate of drug-likeness (QED) is 0.754. The third kappa shape index (κ3) is 5.07. The molecule has 1 aliphatic heterocycles. The van der Waals surface area contributed by atoms with Gasteiger partial charge < -0.3 is 14.8 Å². The summed E-state index contributed by atoms with van der Waals surface area (Å²) in [6.45, 7) is 7.71. The van der Waals surface area contributed by atoms with Gasteiger partial charge in [0.25, 0.3) is 0 Å². The SMILES string of the molecule is CCC(=O)NC(c1nnc2n1CCN(C(=O)/C=C/c1ccncc1)CC2)C(C)C. The molecule has 0 saturated carbocycles. The zero-order valence-electron chi connectivity index (χ0n) is 17.2. The van der Waals surface area contributed by atoms with E-state index in [0.29, 0.717) is 32.5 Å². The molecule has 0 fully saturated rings. The van der Waals surface area contributed by atoms with Crippen LogP contribution in [0.2, 0.25) is 0 Å². The molecular weight excluding hydrogens is 368 g/mol. The minimum Gasteiger partial charge on any atom is -0.346 e. The van der Waals surface area contributed by atoms with Crippen LogP contribution < -0.4 is 5.32 Å². The lowest BCUT2D eigenvalue weighted by atomic mass is 10.0. The molecule has 8 nitrogen and oxygen atoms in total. The number of nitrogens with zero attached hydrogens (tertiary/aromatic N) is 5. The molecule has 3 rings (SSSR count). The van der Waals surface area contributed by atoms with Crippen LogP contribution in [0.3, 0.4) is 0 Å². The van der Waals surface area contributed by atoms with E-state index in [1.165, 1.54) is 0 Å². The van der Waals surface area contributed by atoms with Crippen molar-refractivity contribution in [3.8, 4) is 0 Å². The molecule has 1 unspecified atom stereocenters. The van der Waals surface area contributed by atoms with Crippen molar-refractivity contribution in [3.63, 3.8) is 0 Å². The summed E-state index contributed by atoms with van der Waals surface area (Å²) in [5.41, 5.74) is 0.939. The molecule has 3 heterocycles. The number of aromatic nitrogens is 4. The van der Waals surface area contributed by atoms with Crippen LogP contribution in [0.15, 0.2) is 30.6 Å². The van der Waals surface area contributed by atoms with Crippen LogP contribution in [0, 0.1) is 5.92 Å². The van der Waals surface area contributed by atoms with Gasteiger partial charge in [-0.25, -0.2) is 0 Å². The van der Waals surface area contributed by atoms with Gasteiger partial charge in [0.05, 0.1) is 6.04 Å². The number of rotatable bonds is 6. The number of carbonyl (C=O) groups is 2. The van der Waals surface area contributed by atoms with Gasteiger partial charge in [0, 0.05) is 50.9 Å². The summed E-state index contributed by atoms with van der Waals surface area (Å²) in [5.74, 6) is 1.76. The van der Waals surface area contributed by atoms with Crippen molar-refractivity contribution in [1.29, 1.82) is 0 Å². The Morgan fingerprint density at radius 3 is 2.62 bits per heavy atom. The highest BCUT2D eigenvalue weighted by molar-refractivity contribution is 5.91. The summed E-state index contributed by atoms with van der Waals surface area (Å²) >= 11 is 0. The molecule has 2 aromatic rings. The maximum Gasteiger partial charge on any atom is 0.246 e. The zero-order valence-corrected chi connectivity index (χ0v) is 17.2. The number of amides is 2. The molecule has 0 spiro atoms. The molecule has 1 N–H and O–H groups in total. The smallest absolute Gasteiger partial charge is 0.246 e. The van der Waals surface area contributed by atoms with E-state index in [2.05, 4.69) is 38.9 Å². The Morgan fingerprint density at radius 2 is 1.93 bits per heavy atom. The minimum atomic E-state index is -0.197. The Hall–Kier alpha value is -3.03. The number of pyridine rings is 1. The molecule has 2 amide bonds. The first-order valence-electron chi connectivity index (χ1n) is 10.1. The molecule has 0 radical (unpaired) electrons. The van der Waals surface area contributed by atoms with Crippen molar-refractivity contribution in [1.82, 2.24) is 30.0 Å². The molecule has 1 atom stereocenters. The van der Waals surface area contributed by atoms with E-state index in [1.54, 1.807) is 24.5 Å². The van der Waals surface area contributed by atoms with Crippen LogP contribution in [0.5, 0.6) is 0 Å². The molecular formula is C21H28N6O2. The van der Waals surface area contributed by atoms with Crippen LogP contribution >= 0.6 is 0 Å². The summed E-state index contributed by atoms with van der Waals surface area (Å²) in [6.07, 6.45) is 7.86. The molecule has 1 aliphatic rings. The van der Waals surface area contributed by atoms with E-state index in [-0.39, 0.29) is 23.8 Å². The molecule has 0 bridgehead atoms.